The molecule has 0 spiro atoms. The third kappa shape index (κ3) is 3.40. The van der Waals surface area contributed by atoms with Gasteiger partial charge in [-0.25, -0.2) is 4.98 Å². The van der Waals surface area contributed by atoms with Gasteiger partial charge in [0.15, 0.2) is 0 Å². The van der Waals surface area contributed by atoms with Crippen molar-refractivity contribution in [2.45, 2.75) is 31.7 Å². The van der Waals surface area contributed by atoms with E-state index in [1.54, 1.807) is 6.20 Å². The van der Waals surface area contributed by atoms with Gasteiger partial charge < -0.3 is 14.2 Å². The largest absolute Gasteiger partial charge is 0.487 e. The number of para-hydroxylation sites is 2. The smallest absolute Gasteiger partial charge is 0.244 e. The number of aryl methyl sites for hydroxylation is 1. The zero-order chi connectivity index (χ0) is 19.8. The first-order chi connectivity index (χ1) is 14.2. The van der Waals surface area contributed by atoms with Crippen LogP contribution in [0.15, 0.2) is 67.0 Å². The van der Waals surface area contributed by atoms with E-state index < -0.39 is 0 Å². The number of amides is 1. The van der Waals surface area contributed by atoms with Crippen molar-refractivity contribution in [3.8, 4) is 5.75 Å². The lowest BCUT2D eigenvalue weighted by molar-refractivity contribution is -0.123. The number of hydrogen-bond acceptors (Lipinski definition) is 4. The Morgan fingerprint density at radius 2 is 1.86 bits per heavy atom. The van der Waals surface area contributed by atoms with Gasteiger partial charge in [0.05, 0.1) is 24.8 Å². The van der Waals surface area contributed by atoms with E-state index in [9.17, 15) is 4.79 Å². The fourth-order valence-corrected chi connectivity index (χ4v) is 4.30. The van der Waals surface area contributed by atoms with E-state index in [2.05, 4.69) is 22.0 Å². The van der Waals surface area contributed by atoms with Crippen LogP contribution >= 0.6 is 0 Å². The molecule has 2 bridgehead atoms. The van der Waals surface area contributed by atoms with Gasteiger partial charge in [0, 0.05) is 32.4 Å². The highest BCUT2D eigenvalue weighted by Gasteiger charge is 2.43. The fourth-order valence-electron chi connectivity index (χ4n) is 4.30. The molecule has 2 aliphatic heterocycles. The fraction of sp³-hybridized carbons (Fsp3) is 0.304. The van der Waals surface area contributed by atoms with Crippen LogP contribution in [-0.4, -0.2) is 39.0 Å². The number of imidazole rings is 1. The molecule has 1 amide bonds. The van der Waals surface area contributed by atoms with Crippen LogP contribution in [0.4, 0.5) is 5.69 Å². The van der Waals surface area contributed by atoms with Crippen LogP contribution in [-0.2, 0) is 24.9 Å². The van der Waals surface area contributed by atoms with E-state index in [-0.39, 0.29) is 18.1 Å². The van der Waals surface area contributed by atoms with Gasteiger partial charge in [-0.05, 0) is 17.7 Å². The minimum absolute atomic E-state index is 0.00393. The number of rotatable bonds is 4. The number of ether oxygens (including phenoxy) is 1. The van der Waals surface area contributed by atoms with Crippen LogP contribution in [0.3, 0.4) is 0 Å². The monoisotopic (exact) mass is 388 g/mol. The molecule has 29 heavy (non-hydrogen) atoms. The summed E-state index contributed by atoms with van der Waals surface area (Å²) in [6, 6.07) is 17.8. The van der Waals surface area contributed by atoms with Gasteiger partial charge in [0.1, 0.15) is 17.7 Å². The predicted molar refractivity (Wildman–Crippen MR) is 111 cm³/mol. The molecular formula is C23H24N4O2. The average molecular weight is 388 g/mol. The van der Waals surface area contributed by atoms with E-state index in [4.69, 9.17) is 4.74 Å². The molecule has 0 N–H and O–H groups in total. The Bertz CT molecular complexity index is 1020. The number of likely N-dealkylation sites (tertiary alicyclic amines) is 1. The van der Waals surface area contributed by atoms with E-state index >= 15 is 0 Å². The van der Waals surface area contributed by atoms with Gasteiger partial charge in [-0.1, -0.05) is 42.5 Å². The van der Waals surface area contributed by atoms with Crippen LogP contribution in [0.1, 0.15) is 17.8 Å². The summed E-state index contributed by atoms with van der Waals surface area (Å²) >= 11 is 0. The van der Waals surface area contributed by atoms with Crippen molar-refractivity contribution in [1.29, 1.82) is 0 Å². The summed E-state index contributed by atoms with van der Waals surface area (Å²) < 4.78 is 8.37. The van der Waals surface area contributed by atoms with Gasteiger partial charge in [0.2, 0.25) is 5.91 Å². The van der Waals surface area contributed by atoms with Crippen molar-refractivity contribution < 1.29 is 9.53 Å². The average Bonchev–Trinajstić information content (AvgIpc) is 3.33. The standard InChI is InChI=1S/C23H24N4O2/c1-25-12-11-24-22(25)16-26-15-18-13-20(26)23(28)27(14-17-7-3-2-4-8-17)19-9-5-6-10-21(19)29-18/h2-12,18,20H,13-16H2,1H3. The Hall–Kier alpha value is -3.12. The van der Waals surface area contributed by atoms with E-state index in [1.165, 1.54) is 0 Å². The van der Waals surface area contributed by atoms with E-state index in [0.29, 0.717) is 19.5 Å². The summed E-state index contributed by atoms with van der Waals surface area (Å²) in [7, 11) is 1.98. The molecule has 0 saturated carbocycles. The normalized spacial score (nSPS) is 21.4. The van der Waals surface area contributed by atoms with Crippen molar-refractivity contribution in [1.82, 2.24) is 14.5 Å². The first-order valence-corrected chi connectivity index (χ1v) is 10.0. The lowest BCUT2D eigenvalue weighted by atomic mass is 10.1. The molecule has 2 aliphatic rings. The highest BCUT2D eigenvalue weighted by molar-refractivity contribution is 5.99. The molecule has 6 heteroatoms. The second-order valence-corrected chi connectivity index (χ2v) is 7.75. The van der Waals surface area contributed by atoms with Gasteiger partial charge in [-0.3, -0.25) is 9.69 Å². The second-order valence-electron chi connectivity index (χ2n) is 7.75. The van der Waals surface area contributed by atoms with Crippen molar-refractivity contribution in [3.63, 3.8) is 0 Å². The molecule has 148 valence electrons. The molecule has 2 unspecified atom stereocenters. The minimum atomic E-state index is -0.214. The number of carbonyl (C=O) groups is 1. The van der Waals surface area contributed by atoms with Crippen LogP contribution in [0.5, 0.6) is 5.75 Å². The molecule has 5 rings (SSSR count). The van der Waals surface area contributed by atoms with Gasteiger partial charge in [-0.15, -0.1) is 0 Å². The first-order valence-electron chi connectivity index (χ1n) is 10.0. The Morgan fingerprint density at radius 3 is 2.66 bits per heavy atom. The number of carbonyl (C=O) groups excluding carboxylic acids is 1. The lowest BCUT2D eigenvalue weighted by Gasteiger charge is -2.31. The Kier molecular flexibility index (Phi) is 4.56. The molecule has 0 radical (unpaired) electrons. The predicted octanol–water partition coefficient (Wildman–Crippen LogP) is 2.99. The van der Waals surface area contributed by atoms with Crippen molar-refractivity contribution in [3.05, 3.63) is 78.4 Å². The number of hydrogen-bond donors (Lipinski definition) is 0. The van der Waals surface area contributed by atoms with Gasteiger partial charge in [0.25, 0.3) is 0 Å². The van der Waals surface area contributed by atoms with Crippen LogP contribution in [0, 0.1) is 0 Å². The first kappa shape index (κ1) is 17.9. The summed E-state index contributed by atoms with van der Waals surface area (Å²) in [5, 5.41) is 0. The minimum Gasteiger partial charge on any atom is -0.487 e. The van der Waals surface area contributed by atoms with Crippen LogP contribution < -0.4 is 9.64 Å². The summed E-state index contributed by atoms with van der Waals surface area (Å²) in [6.45, 7) is 1.88. The summed E-state index contributed by atoms with van der Waals surface area (Å²) in [5.41, 5.74) is 1.94. The third-order valence-electron chi connectivity index (χ3n) is 5.81. The van der Waals surface area contributed by atoms with Crippen LogP contribution in [0.2, 0.25) is 0 Å². The summed E-state index contributed by atoms with van der Waals surface area (Å²) in [6.07, 6.45) is 4.44. The van der Waals surface area contributed by atoms with Crippen molar-refractivity contribution in [2.75, 3.05) is 11.4 Å². The summed E-state index contributed by atoms with van der Waals surface area (Å²) in [4.78, 5) is 22.3. The molecule has 2 aromatic carbocycles. The Morgan fingerprint density at radius 1 is 1.07 bits per heavy atom. The zero-order valence-electron chi connectivity index (χ0n) is 16.4. The maximum Gasteiger partial charge on any atom is 0.244 e. The lowest BCUT2D eigenvalue weighted by Crippen LogP contribution is -2.45. The molecule has 1 fully saturated rings. The van der Waals surface area contributed by atoms with Crippen LogP contribution in [0.25, 0.3) is 0 Å². The Labute approximate surface area is 170 Å². The van der Waals surface area contributed by atoms with Crippen molar-refractivity contribution >= 4 is 11.6 Å². The van der Waals surface area contributed by atoms with E-state index in [0.717, 1.165) is 29.4 Å². The number of fused-ring (bicyclic) bond motifs is 3. The highest BCUT2D eigenvalue weighted by Crippen LogP contribution is 2.37. The number of anilines is 1. The number of benzene rings is 2. The molecule has 2 atom stereocenters. The van der Waals surface area contributed by atoms with Crippen molar-refractivity contribution in [2.24, 2.45) is 7.05 Å². The molecule has 0 aliphatic carbocycles. The Balaban J connectivity index is 1.50. The van der Waals surface area contributed by atoms with E-state index in [1.807, 2.05) is 65.2 Å². The molecule has 1 aromatic heterocycles. The zero-order valence-corrected chi connectivity index (χ0v) is 16.4. The molecule has 6 nitrogen and oxygen atoms in total. The summed E-state index contributed by atoms with van der Waals surface area (Å²) in [5.74, 6) is 1.86. The topological polar surface area (TPSA) is 50.6 Å². The number of nitrogens with zero attached hydrogens (tertiary/aromatic N) is 4. The molecule has 1 saturated heterocycles. The molecule has 3 heterocycles. The number of aromatic nitrogens is 2. The highest BCUT2D eigenvalue weighted by atomic mass is 16.5. The van der Waals surface area contributed by atoms with Gasteiger partial charge in [-0.2, -0.15) is 0 Å². The second kappa shape index (κ2) is 7.37. The SMILES string of the molecule is Cn1ccnc1CN1CC2CC1C(=O)N(Cc1ccccc1)c1ccccc1O2. The molecule has 3 aromatic rings. The maximum absolute atomic E-state index is 13.7. The molecular weight excluding hydrogens is 364 g/mol. The third-order valence-corrected chi connectivity index (χ3v) is 5.81. The maximum atomic E-state index is 13.7. The quantitative estimate of drug-likeness (QED) is 0.690. The van der Waals surface area contributed by atoms with Gasteiger partial charge >= 0.3 is 0 Å².